The van der Waals surface area contributed by atoms with Crippen LogP contribution in [-0.4, -0.2) is 41.1 Å². The van der Waals surface area contributed by atoms with Crippen LogP contribution in [0.2, 0.25) is 0 Å². The molecule has 1 aliphatic rings. The topological polar surface area (TPSA) is 54.3 Å². The van der Waals surface area contributed by atoms with E-state index >= 15 is 0 Å². The molecule has 3 rings (SSSR count). The predicted molar refractivity (Wildman–Crippen MR) is 96.4 cm³/mol. The lowest BCUT2D eigenvalue weighted by Crippen LogP contribution is -2.38. The number of piperidine rings is 1. The zero-order chi connectivity index (χ0) is 19.6. The summed E-state index contributed by atoms with van der Waals surface area (Å²) in [4.78, 5) is 24.2. The van der Waals surface area contributed by atoms with Crippen LogP contribution in [-0.2, 0) is 16.6 Å². The van der Waals surface area contributed by atoms with E-state index in [1.165, 1.54) is 4.90 Å². The van der Waals surface area contributed by atoms with Crippen molar-refractivity contribution in [2.45, 2.75) is 37.8 Å². The number of aryl methyl sites for hydroxylation is 1. The van der Waals surface area contributed by atoms with E-state index in [-0.39, 0.29) is 5.92 Å². The van der Waals surface area contributed by atoms with Crippen molar-refractivity contribution < 1.29 is 22.8 Å². The number of carbonyl (C=O) groups excluding carboxylic acids is 2. The summed E-state index contributed by atoms with van der Waals surface area (Å²) >= 11 is 0. The molecule has 8 heteroatoms. The number of halogens is 3. The van der Waals surface area contributed by atoms with Gasteiger partial charge in [0.05, 0.1) is 6.42 Å². The lowest BCUT2D eigenvalue weighted by molar-refractivity contribution is -0.149. The maximum Gasteiger partial charge on any atom is 0.389 e. The van der Waals surface area contributed by atoms with Crippen molar-refractivity contribution in [3.05, 3.63) is 30.0 Å². The van der Waals surface area contributed by atoms with Gasteiger partial charge < -0.3 is 14.8 Å². The highest BCUT2D eigenvalue weighted by Crippen LogP contribution is 2.35. The van der Waals surface area contributed by atoms with Crippen molar-refractivity contribution in [3.8, 4) is 0 Å². The van der Waals surface area contributed by atoms with Crippen LogP contribution in [0.5, 0.6) is 0 Å². The molecule has 0 aliphatic carbocycles. The molecule has 146 valence electrons. The molecule has 1 N–H and O–H groups in total. The molecule has 0 unspecified atom stereocenters. The number of likely N-dealkylation sites (tertiary alicyclic amines) is 1. The Hall–Kier alpha value is -2.51. The second-order valence-electron chi connectivity index (χ2n) is 6.96. The molecule has 5 nitrogen and oxygen atoms in total. The third kappa shape index (κ3) is 4.43. The summed E-state index contributed by atoms with van der Waals surface area (Å²) in [5.41, 5.74) is 2.90. The number of anilines is 1. The molecule has 2 amide bonds. The summed E-state index contributed by atoms with van der Waals surface area (Å²) in [6.07, 6.45) is -1.74. The number of carbonyl (C=O) groups is 2. The molecule has 27 heavy (non-hydrogen) atoms. The summed E-state index contributed by atoms with van der Waals surface area (Å²) < 4.78 is 38.9. The Morgan fingerprint density at radius 3 is 2.63 bits per heavy atom. The molecule has 1 aromatic heterocycles. The van der Waals surface area contributed by atoms with Gasteiger partial charge in [-0.2, -0.15) is 13.2 Å². The van der Waals surface area contributed by atoms with Crippen molar-refractivity contribution >= 4 is 28.9 Å². The number of alkyl halides is 3. The average Bonchev–Trinajstić information content (AvgIpc) is 2.96. The van der Waals surface area contributed by atoms with E-state index in [0.29, 0.717) is 38.0 Å². The SMILES string of the molecule is Cn1cc(C2CCN(C(=O)CCC(F)(F)F)CC2)c2cc(NC=O)ccc21. The molecule has 1 aromatic carbocycles. The van der Waals surface area contributed by atoms with E-state index < -0.39 is 24.9 Å². The average molecular weight is 381 g/mol. The van der Waals surface area contributed by atoms with Gasteiger partial charge in [0.15, 0.2) is 0 Å². The second kappa shape index (κ2) is 7.62. The first-order valence-electron chi connectivity index (χ1n) is 8.92. The van der Waals surface area contributed by atoms with Crippen molar-refractivity contribution in [1.29, 1.82) is 0 Å². The number of amides is 2. The van der Waals surface area contributed by atoms with Gasteiger partial charge in [0.1, 0.15) is 0 Å². The molecule has 2 heterocycles. The molecule has 2 aromatic rings. The van der Waals surface area contributed by atoms with E-state index in [1.54, 1.807) is 0 Å². The molecule has 1 fully saturated rings. The van der Waals surface area contributed by atoms with Gasteiger partial charge in [0.25, 0.3) is 0 Å². The van der Waals surface area contributed by atoms with Gasteiger partial charge in [-0.1, -0.05) is 0 Å². The van der Waals surface area contributed by atoms with Crippen molar-refractivity contribution in [1.82, 2.24) is 9.47 Å². The van der Waals surface area contributed by atoms with E-state index in [0.717, 1.165) is 16.5 Å². The standard InChI is InChI=1S/C19H22F3N3O2/c1-24-11-16(15-10-14(23-12-26)2-3-17(15)24)13-5-8-25(9-6-13)18(27)4-7-19(20,21)22/h2-3,10-13H,4-9H2,1H3,(H,23,26). The minimum Gasteiger partial charge on any atom is -0.350 e. The quantitative estimate of drug-likeness (QED) is 0.801. The van der Waals surface area contributed by atoms with Crippen LogP contribution < -0.4 is 5.32 Å². The van der Waals surface area contributed by atoms with Crippen molar-refractivity contribution in [3.63, 3.8) is 0 Å². The van der Waals surface area contributed by atoms with Gasteiger partial charge in [-0.3, -0.25) is 9.59 Å². The molecule has 0 bridgehead atoms. The lowest BCUT2D eigenvalue weighted by Gasteiger charge is -2.32. The summed E-state index contributed by atoms with van der Waals surface area (Å²) in [6, 6.07) is 5.71. The van der Waals surface area contributed by atoms with E-state index in [2.05, 4.69) is 11.5 Å². The van der Waals surface area contributed by atoms with Gasteiger partial charge in [-0.25, -0.2) is 0 Å². The summed E-state index contributed by atoms with van der Waals surface area (Å²) in [5.74, 6) is -0.201. The Morgan fingerprint density at radius 2 is 2.00 bits per heavy atom. The van der Waals surface area contributed by atoms with E-state index in [4.69, 9.17) is 0 Å². The van der Waals surface area contributed by atoms with Crippen LogP contribution >= 0.6 is 0 Å². The highest BCUT2D eigenvalue weighted by molar-refractivity contribution is 5.89. The van der Waals surface area contributed by atoms with Crippen LogP contribution in [0.25, 0.3) is 10.9 Å². The Balaban J connectivity index is 1.70. The molecule has 0 atom stereocenters. The van der Waals surface area contributed by atoms with Crippen LogP contribution in [0.3, 0.4) is 0 Å². The van der Waals surface area contributed by atoms with Crippen LogP contribution in [0.1, 0.15) is 37.2 Å². The number of nitrogens with one attached hydrogen (secondary N) is 1. The third-order valence-corrected chi connectivity index (χ3v) is 5.16. The van der Waals surface area contributed by atoms with Gasteiger partial charge in [0, 0.05) is 49.3 Å². The van der Waals surface area contributed by atoms with E-state index in [9.17, 15) is 22.8 Å². The molecule has 0 radical (unpaired) electrons. The summed E-state index contributed by atoms with van der Waals surface area (Å²) in [7, 11) is 1.95. The third-order valence-electron chi connectivity index (χ3n) is 5.16. The fourth-order valence-corrected chi connectivity index (χ4v) is 3.75. The summed E-state index contributed by atoms with van der Waals surface area (Å²) in [5, 5.41) is 3.70. The van der Waals surface area contributed by atoms with Gasteiger partial charge in [-0.15, -0.1) is 0 Å². The first-order valence-corrected chi connectivity index (χ1v) is 8.92. The normalized spacial score (nSPS) is 15.9. The molecule has 0 spiro atoms. The number of rotatable bonds is 5. The fourth-order valence-electron chi connectivity index (χ4n) is 3.75. The summed E-state index contributed by atoms with van der Waals surface area (Å²) in [6.45, 7) is 0.925. The maximum absolute atomic E-state index is 12.3. The largest absolute Gasteiger partial charge is 0.389 e. The van der Waals surface area contributed by atoms with Crippen LogP contribution in [0.15, 0.2) is 24.4 Å². The Bertz CT molecular complexity index is 837. The Kier molecular flexibility index (Phi) is 5.43. The van der Waals surface area contributed by atoms with E-state index in [1.807, 2.05) is 29.8 Å². The number of hydrogen-bond donors (Lipinski definition) is 1. The minimum absolute atomic E-state index is 0.229. The number of fused-ring (bicyclic) bond motifs is 1. The molecule has 1 aliphatic heterocycles. The Morgan fingerprint density at radius 1 is 1.30 bits per heavy atom. The molecular weight excluding hydrogens is 359 g/mol. The molecule has 0 saturated carbocycles. The molecule has 1 saturated heterocycles. The number of hydrogen-bond acceptors (Lipinski definition) is 2. The van der Waals surface area contributed by atoms with Crippen molar-refractivity contribution in [2.24, 2.45) is 7.05 Å². The zero-order valence-corrected chi connectivity index (χ0v) is 15.1. The minimum atomic E-state index is -4.30. The Labute approximate surface area is 155 Å². The number of aromatic nitrogens is 1. The smallest absolute Gasteiger partial charge is 0.350 e. The predicted octanol–water partition coefficient (Wildman–Crippen LogP) is 3.80. The highest BCUT2D eigenvalue weighted by Gasteiger charge is 2.31. The first-order chi connectivity index (χ1) is 12.8. The van der Waals surface area contributed by atoms with Crippen LogP contribution in [0.4, 0.5) is 18.9 Å². The fraction of sp³-hybridized carbons (Fsp3) is 0.474. The monoisotopic (exact) mass is 381 g/mol. The lowest BCUT2D eigenvalue weighted by atomic mass is 9.89. The second-order valence-corrected chi connectivity index (χ2v) is 6.96. The van der Waals surface area contributed by atoms with Crippen molar-refractivity contribution in [2.75, 3.05) is 18.4 Å². The van der Waals surface area contributed by atoms with Gasteiger partial charge in [0.2, 0.25) is 12.3 Å². The van der Waals surface area contributed by atoms with Gasteiger partial charge in [-0.05, 0) is 42.5 Å². The first kappa shape index (κ1) is 19.3. The number of nitrogens with zero attached hydrogens (tertiary/aromatic N) is 2. The highest BCUT2D eigenvalue weighted by atomic mass is 19.4. The zero-order valence-electron chi connectivity index (χ0n) is 15.1. The van der Waals surface area contributed by atoms with Crippen LogP contribution in [0, 0.1) is 0 Å². The molecular formula is C19H22F3N3O2. The number of benzene rings is 1. The van der Waals surface area contributed by atoms with Gasteiger partial charge >= 0.3 is 6.18 Å². The maximum atomic E-state index is 12.3.